The summed E-state index contributed by atoms with van der Waals surface area (Å²) in [6.07, 6.45) is 0. The smallest absolute Gasteiger partial charge is 0.348 e. The average molecular weight is 245 g/mol. The summed E-state index contributed by atoms with van der Waals surface area (Å²) in [6, 6.07) is 4.17. The molecule has 0 aliphatic carbocycles. The number of ether oxygens (including phenoxy) is 1. The second-order valence-corrected chi connectivity index (χ2v) is 4.39. The van der Waals surface area contributed by atoms with Crippen molar-refractivity contribution in [2.24, 2.45) is 0 Å². The number of hydrogen-bond donors (Lipinski definition) is 0. The highest BCUT2D eigenvalue weighted by Gasteiger charge is 2.12. The van der Waals surface area contributed by atoms with Crippen molar-refractivity contribution in [1.82, 2.24) is 0 Å². The molecule has 78 valence electrons. The molecule has 0 spiro atoms. The van der Waals surface area contributed by atoms with Crippen LogP contribution in [0.3, 0.4) is 0 Å². The molecule has 0 saturated heterocycles. The Bertz CT molecular complexity index is 535. The molecule has 2 nitrogen and oxygen atoms in total. The number of halogens is 2. The van der Waals surface area contributed by atoms with Gasteiger partial charge in [0.15, 0.2) is 0 Å². The van der Waals surface area contributed by atoms with E-state index in [1.165, 1.54) is 19.2 Å². The third-order valence-corrected chi connectivity index (χ3v) is 3.31. The molecular weight excluding hydrogens is 239 g/mol. The molecule has 0 aliphatic heterocycles. The van der Waals surface area contributed by atoms with E-state index in [1.54, 1.807) is 6.07 Å². The van der Waals surface area contributed by atoms with Gasteiger partial charge in [0, 0.05) is 10.1 Å². The van der Waals surface area contributed by atoms with E-state index in [4.69, 9.17) is 11.6 Å². The van der Waals surface area contributed by atoms with Gasteiger partial charge in [0.2, 0.25) is 0 Å². The third kappa shape index (κ3) is 1.82. The molecule has 0 bridgehead atoms. The Morgan fingerprint density at radius 1 is 1.47 bits per heavy atom. The van der Waals surface area contributed by atoms with Gasteiger partial charge in [0.25, 0.3) is 0 Å². The number of methoxy groups -OCH3 is 1. The fourth-order valence-corrected chi connectivity index (χ4v) is 2.61. The maximum absolute atomic E-state index is 13.0. The first-order valence-corrected chi connectivity index (χ1v) is 5.28. The normalized spacial score (nSPS) is 10.6. The van der Waals surface area contributed by atoms with Crippen LogP contribution >= 0.6 is 22.9 Å². The Morgan fingerprint density at radius 2 is 2.20 bits per heavy atom. The van der Waals surface area contributed by atoms with Gasteiger partial charge in [-0.3, -0.25) is 0 Å². The molecule has 5 heteroatoms. The van der Waals surface area contributed by atoms with Crippen LogP contribution in [0.15, 0.2) is 18.2 Å². The molecule has 0 fully saturated rings. The van der Waals surface area contributed by atoms with Crippen molar-refractivity contribution < 1.29 is 13.9 Å². The van der Waals surface area contributed by atoms with Crippen LogP contribution in [0.2, 0.25) is 5.02 Å². The predicted molar refractivity (Wildman–Crippen MR) is 58.1 cm³/mol. The lowest BCUT2D eigenvalue weighted by atomic mass is 10.2. The molecule has 0 saturated carbocycles. The molecule has 1 aromatic heterocycles. The molecule has 1 aromatic carbocycles. The number of carbonyl (C=O) groups is 1. The van der Waals surface area contributed by atoms with E-state index in [1.807, 2.05) is 0 Å². The van der Waals surface area contributed by atoms with Crippen molar-refractivity contribution in [3.63, 3.8) is 0 Å². The van der Waals surface area contributed by atoms with Crippen molar-refractivity contribution >= 4 is 39.0 Å². The number of carbonyl (C=O) groups excluding carboxylic acids is 1. The lowest BCUT2D eigenvalue weighted by Gasteiger charge is -1.92. The number of hydrogen-bond acceptors (Lipinski definition) is 3. The van der Waals surface area contributed by atoms with Gasteiger partial charge in [-0.25, -0.2) is 9.18 Å². The lowest BCUT2D eigenvalue weighted by Crippen LogP contribution is -1.96. The maximum atomic E-state index is 13.0. The number of rotatable bonds is 1. The van der Waals surface area contributed by atoms with E-state index < -0.39 is 11.8 Å². The zero-order chi connectivity index (χ0) is 11.0. The van der Waals surface area contributed by atoms with Gasteiger partial charge in [-0.2, -0.15) is 0 Å². The number of esters is 1. The standard InChI is InChI=1S/C10H6ClFO2S/c1-14-10(13)9-4-6-7(11)2-5(12)3-8(6)15-9/h2-4H,1H3. The summed E-state index contributed by atoms with van der Waals surface area (Å²) in [5.41, 5.74) is 0. The average Bonchev–Trinajstić information content (AvgIpc) is 2.60. The Hall–Kier alpha value is -1.13. The third-order valence-electron chi connectivity index (χ3n) is 1.94. The second-order valence-electron chi connectivity index (χ2n) is 2.90. The molecular formula is C10H6ClFO2S. The maximum Gasteiger partial charge on any atom is 0.348 e. The summed E-state index contributed by atoms with van der Waals surface area (Å²) in [7, 11) is 1.30. The van der Waals surface area contributed by atoms with E-state index in [9.17, 15) is 9.18 Å². The van der Waals surface area contributed by atoms with Crippen molar-refractivity contribution in [2.75, 3.05) is 7.11 Å². The Labute approximate surface area is 94.2 Å². The molecule has 0 N–H and O–H groups in total. The number of fused-ring (bicyclic) bond motifs is 1. The van der Waals surface area contributed by atoms with Crippen LogP contribution in [0.25, 0.3) is 10.1 Å². The SMILES string of the molecule is COC(=O)c1cc2c(Cl)cc(F)cc2s1. The molecule has 2 aromatic rings. The van der Waals surface area contributed by atoms with Crippen molar-refractivity contribution in [1.29, 1.82) is 0 Å². The molecule has 0 radical (unpaired) electrons. The zero-order valence-corrected chi connectivity index (χ0v) is 9.29. The fourth-order valence-electron chi connectivity index (χ4n) is 1.27. The largest absolute Gasteiger partial charge is 0.465 e. The predicted octanol–water partition coefficient (Wildman–Crippen LogP) is 3.48. The van der Waals surface area contributed by atoms with Crippen LogP contribution in [0.5, 0.6) is 0 Å². The summed E-state index contributed by atoms with van der Waals surface area (Å²) in [6.45, 7) is 0. The highest BCUT2D eigenvalue weighted by atomic mass is 35.5. The van der Waals surface area contributed by atoms with Crippen LogP contribution in [0, 0.1) is 5.82 Å². The summed E-state index contributed by atoms with van der Waals surface area (Å²) in [5.74, 6) is -0.849. The van der Waals surface area contributed by atoms with E-state index in [0.717, 1.165) is 11.3 Å². The topological polar surface area (TPSA) is 26.3 Å². The summed E-state index contributed by atoms with van der Waals surface area (Å²) >= 11 is 7.00. The highest BCUT2D eigenvalue weighted by Crippen LogP contribution is 2.32. The Kier molecular flexibility index (Phi) is 2.63. The summed E-state index contributed by atoms with van der Waals surface area (Å²) in [4.78, 5) is 11.6. The molecule has 1 heterocycles. The molecule has 0 amide bonds. The van der Waals surface area contributed by atoms with Crippen LogP contribution in [-0.4, -0.2) is 13.1 Å². The first-order valence-electron chi connectivity index (χ1n) is 4.08. The van der Waals surface area contributed by atoms with E-state index in [2.05, 4.69) is 4.74 Å². The van der Waals surface area contributed by atoms with Gasteiger partial charge in [-0.05, 0) is 18.2 Å². The van der Waals surface area contributed by atoms with Crippen LogP contribution < -0.4 is 0 Å². The molecule has 0 unspecified atom stereocenters. The van der Waals surface area contributed by atoms with Crippen molar-refractivity contribution in [3.8, 4) is 0 Å². The Balaban J connectivity index is 2.65. The van der Waals surface area contributed by atoms with E-state index >= 15 is 0 Å². The molecule has 2 rings (SSSR count). The minimum absolute atomic E-state index is 0.302. The number of benzene rings is 1. The van der Waals surface area contributed by atoms with Gasteiger partial charge in [0.05, 0.1) is 12.1 Å². The van der Waals surface area contributed by atoms with E-state index in [0.29, 0.717) is 20.0 Å². The lowest BCUT2D eigenvalue weighted by molar-refractivity contribution is 0.0606. The van der Waals surface area contributed by atoms with Crippen LogP contribution in [0.4, 0.5) is 4.39 Å². The minimum Gasteiger partial charge on any atom is -0.465 e. The Morgan fingerprint density at radius 3 is 2.87 bits per heavy atom. The van der Waals surface area contributed by atoms with Crippen LogP contribution in [0.1, 0.15) is 9.67 Å². The van der Waals surface area contributed by atoms with Gasteiger partial charge in [-0.1, -0.05) is 11.6 Å². The van der Waals surface area contributed by atoms with Gasteiger partial charge in [0.1, 0.15) is 10.7 Å². The second kappa shape index (κ2) is 3.79. The van der Waals surface area contributed by atoms with E-state index in [-0.39, 0.29) is 0 Å². The minimum atomic E-state index is -0.437. The van der Waals surface area contributed by atoms with Crippen molar-refractivity contribution in [2.45, 2.75) is 0 Å². The summed E-state index contributed by atoms with van der Waals surface area (Å²) in [5, 5.41) is 0.972. The molecule has 15 heavy (non-hydrogen) atoms. The first kappa shape index (κ1) is 10.4. The molecule has 0 atom stereocenters. The first-order chi connectivity index (χ1) is 7.11. The van der Waals surface area contributed by atoms with Gasteiger partial charge < -0.3 is 4.74 Å². The quantitative estimate of drug-likeness (QED) is 0.718. The zero-order valence-electron chi connectivity index (χ0n) is 7.71. The molecule has 0 aliphatic rings. The monoisotopic (exact) mass is 244 g/mol. The van der Waals surface area contributed by atoms with Crippen LogP contribution in [-0.2, 0) is 4.74 Å². The summed E-state index contributed by atoms with van der Waals surface area (Å²) < 4.78 is 18.2. The van der Waals surface area contributed by atoms with Crippen molar-refractivity contribution in [3.05, 3.63) is 33.9 Å². The fraction of sp³-hybridized carbons (Fsp3) is 0.100. The number of thiophene rings is 1. The van der Waals surface area contributed by atoms with Gasteiger partial charge in [-0.15, -0.1) is 11.3 Å². The highest BCUT2D eigenvalue weighted by molar-refractivity contribution is 7.20. The van der Waals surface area contributed by atoms with Gasteiger partial charge >= 0.3 is 5.97 Å².